The molecule has 2 aliphatic rings. The Morgan fingerprint density at radius 3 is 2.29 bits per heavy atom. The molecule has 1 saturated heterocycles. The highest BCUT2D eigenvalue weighted by molar-refractivity contribution is 6.19. The monoisotopic (exact) mass is 474 g/mol. The van der Waals surface area contributed by atoms with Crippen LogP contribution < -0.4 is 18.9 Å². The van der Waals surface area contributed by atoms with Crippen molar-refractivity contribution in [3.63, 3.8) is 0 Å². The van der Waals surface area contributed by atoms with Crippen LogP contribution in [0.4, 0.5) is 0 Å². The highest BCUT2D eigenvalue weighted by Crippen LogP contribution is 2.53. The number of rotatable bonds is 6. The summed E-state index contributed by atoms with van der Waals surface area (Å²) in [6, 6.07) is 4.26. The molecule has 0 radical (unpaired) electrons. The van der Waals surface area contributed by atoms with E-state index < -0.39 is 35.5 Å². The van der Waals surface area contributed by atoms with Gasteiger partial charge in [-0.25, -0.2) is 4.79 Å². The van der Waals surface area contributed by atoms with Gasteiger partial charge in [0.15, 0.2) is 0 Å². The van der Waals surface area contributed by atoms with Crippen molar-refractivity contribution < 1.29 is 48.2 Å². The molecule has 182 valence electrons. The normalized spacial score (nSPS) is 22.8. The Morgan fingerprint density at radius 1 is 1.00 bits per heavy atom. The standard InChI is InChI=1S/C24H26O10/c1-24-17(25)7-6-13(33-24)19-16(34-24)10-15(31-4)20(22(19)27)21(26)18-12(23(28)32-5)8-11(29-2)9-14(18)30-3/h8-10,13,17,25,27H,6-7H2,1-5H3/t13-,17+,24-/m1/s1. The molecular weight excluding hydrogens is 448 g/mol. The van der Waals surface area contributed by atoms with E-state index in [1.165, 1.54) is 46.6 Å². The van der Waals surface area contributed by atoms with Gasteiger partial charge in [0.05, 0.1) is 51.2 Å². The average Bonchev–Trinajstić information content (AvgIpc) is 2.83. The van der Waals surface area contributed by atoms with Crippen LogP contribution in [0.1, 0.15) is 57.7 Å². The number of esters is 1. The van der Waals surface area contributed by atoms with Gasteiger partial charge in [0, 0.05) is 19.1 Å². The van der Waals surface area contributed by atoms with E-state index in [0.29, 0.717) is 12.8 Å². The van der Waals surface area contributed by atoms with Gasteiger partial charge in [0.2, 0.25) is 11.6 Å². The van der Waals surface area contributed by atoms with Crippen LogP contribution in [0.2, 0.25) is 0 Å². The highest BCUT2D eigenvalue weighted by Gasteiger charge is 2.49. The first-order valence-electron chi connectivity index (χ1n) is 10.6. The number of carbonyl (C=O) groups is 2. The van der Waals surface area contributed by atoms with Crippen molar-refractivity contribution in [2.45, 2.75) is 37.8 Å². The molecule has 2 bridgehead atoms. The maximum absolute atomic E-state index is 13.9. The second kappa shape index (κ2) is 8.69. The molecule has 3 atom stereocenters. The van der Waals surface area contributed by atoms with Gasteiger partial charge in [0.25, 0.3) is 0 Å². The number of aliphatic hydroxyl groups is 1. The Labute approximate surface area is 195 Å². The fraction of sp³-hybridized carbons (Fsp3) is 0.417. The van der Waals surface area contributed by atoms with Crippen LogP contribution in [0.5, 0.6) is 28.7 Å². The number of phenols is 1. The second-order valence-corrected chi connectivity index (χ2v) is 8.10. The zero-order chi connectivity index (χ0) is 24.8. The Hall–Kier alpha value is -3.50. The van der Waals surface area contributed by atoms with Crippen LogP contribution in [0.25, 0.3) is 0 Å². The number of phenolic OH excluding ortho intramolecular Hbond substituents is 1. The van der Waals surface area contributed by atoms with Gasteiger partial charge < -0.3 is 38.6 Å². The number of hydrogen-bond donors (Lipinski definition) is 2. The van der Waals surface area contributed by atoms with Gasteiger partial charge >= 0.3 is 5.97 Å². The van der Waals surface area contributed by atoms with E-state index in [4.69, 9.17) is 28.4 Å². The molecule has 0 aliphatic carbocycles. The first-order chi connectivity index (χ1) is 16.2. The largest absolute Gasteiger partial charge is 0.506 e. The zero-order valence-corrected chi connectivity index (χ0v) is 19.5. The van der Waals surface area contributed by atoms with Crippen LogP contribution in [-0.2, 0) is 9.47 Å². The lowest BCUT2D eigenvalue weighted by atomic mass is 9.88. The summed E-state index contributed by atoms with van der Waals surface area (Å²) < 4.78 is 32.6. The molecule has 2 aliphatic heterocycles. The number of aromatic hydroxyl groups is 1. The van der Waals surface area contributed by atoms with E-state index in [1.54, 1.807) is 6.92 Å². The molecule has 10 heteroatoms. The third kappa shape index (κ3) is 3.59. The summed E-state index contributed by atoms with van der Waals surface area (Å²) in [7, 11) is 5.26. The summed E-state index contributed by atoms with van der Waals surface area (Å²) in [5, 5.41) is 21.6. The Kier molecular flexibility index (Phi) is 6.05. The zero-order valence-electron chi connectivity index (χ0n) is 19.5. The van der Waals surface area contributed by atoms with E-state index >= 15 is 0 Å². The quantitative estimate of drug-likeness (QED) is 0.476. The van der Waals surface area contributed by atoms with Gasteiger partial charge in [0.1, 0.15) is 40.4 Å². The van der Waals surface area contributed by atoms with Crippen LogP contribution in [0.3, 0.4) is 0 Å². The number of hydrogen-bond acceptors (Lipinski definition) is 10. The van der Waals surface area contributed by atoms with Crippen molar-refractivity contribution in [1.82, 2.24) is 0 Å². The van der Waals surface area contributed by atoms with E-state index in [1.807, 2.05) is 0 Å². The van der Waals surface area contributed by atoms with Gasteiger partial charge in [-0.15, -0.1) is 0 Å². The van der Waals surface area contributed by atoms with Crippen molar-refractivity contribution in [2.75, 3.05) is 28.4 Å². The minimum absolute atomic E-state index is 0.00741. The predicted octanol–water partition coefficient (Wildman–Crippen LogP) is 2.76. The third-order valence-electron chi connectivity index (χ3n) is 6.20. The van der Waals surface area contributed by atoms with E-state index in [0.717, 1.165) is 0 Å². The van der Waals surface area contributed by atoms with Crippen LogP contribution in [-0.4, -0.2) is 62.3 Å². The maximum Gasteiger partial charge on any atom is 0.338 e. The number of ether oxygens (including phenoxy) is 6. The summed E-state index contributed by atoms with van der Waals surface area (Å²) in [6.07, 6.45) is -0.696. The summed E-state index contributed by atoms with van der Waals surface area (Å²) >= 11 is 0. The molecule has 0 saturated carbocycles. The number of methoxy groups -OCH3 is 4. The molecule has 0 amide bonds. The lowest BCUT2D eigenvalue weighted by Gasteiger charge is -2.46. The molecule has 4 rings (SSSR count). The maximum atomic E-state index is 13.9. The van der Waals surface area contributed by atoms with E-state index in [-0.39, 0.29) is 45.3 Å². The first-order valence-corrected chi connectivity index (χ1v) is 10.6. The van der Waals surface area contributed by atoms with Crippen LogP contribution in [0.15, 0.2) is 18.2 Å². The van der Waals surface area contributed by atoms with Crippen LogP contribution >= 0.6 is 0 Å². The van der Waals surface area contributed by atoms with Crippen molar-refractivity contribution in [2.24, 2.45) is 0 Å². The molecular formula is C24H26O10. The molecule has 2 aromatic carbocycles. The third-order valence-corrected chi connectivity index (χ3v) is 6.20. The lowest BCUT2D eigenvalue weighted by Crippen LogP contribution is -2.53. The van der Waals surface area contributed by atoms with E-state index in [2.05, 4.69) is 0 Å². The first kappa shape index (κ1) is 23.7. The molecule has 0 unspecified atom stereocenters. The predicted molar refractivity (Wildman–Crippen MR) is 117 cm³/mol. The molecule has 2 aromatic rings. The average molecular weight is 474 g/mol. The molecule has 2 heterocycles. The second-order valence-electron chi connectivity index (χ2n) is 8.10. The van der Waals surface area contributed by atoms with Crippen LogP contribution in [0, 0.1) is 0 Å². The summed E-state index contributed by atoms with van der Waals surface area (Å²) in [6.45, 7) is 1.61. The fourth-order valence-corrected chi connectivity index (χ4v) is 4.42. The van der Waals surface area contributed by atoms with Crippen molar-refractivity contribution in [1.29, 1.82) is 0 Å². The fourth-order valence-electron chi connectivity index (χ4n) is 4.42. The lowest BCUT2D eigenvalue weighted by molar-refractivity contribution is -0.289. The topological polar surface area (TPSA) is 130 Å². The summed E-state index contributed by atoms with van der Waals surface area (Å²) in [5.41, 5.74) is -0.175. The summed E-state index contributed by atoms with van der Waals surface area (Å²) in [5.74, 6) is -2.66. The van der Waals surface area contributed by atoms with Gasteiger partial charge in [-0.3, -0.25) is 4.79 Å². The number of carbonyl (C=O) groups excluding carboxylic acids is 2. The molecule has 1 fully saturated rings. The molecule has 0 spiro atoms. The molecule has 34 heavy (non-hydrogen) atoms. The Morgan fingerprint density at radius 2 is 1.68 bits per heavy atom. The minimum atomic E-state index is -1.30. The van der Waals surface area contributed by atoms with Gasteiger partial charge in [-0.1, -0.05) is 0 Å². The molecule has 2 N–H and O–H groups in total. The van der Waals surface area contributed by atoms with E-state index in [9.17, 15) is 19.8 Å². The molecule has 0 aromatic heterocycles. The number of fused-ring (bicyclic) bond motifs is 4. The number of aliphatic hydroxyl groups excluding tert-OH is 1. The van der Waals surface area contributed by atoms with Crippen molar-refractivity contribution in [3.8, 4) is 28.7 Å². The van der Waals surface area contributed by atoms with Gasteiger partial charge in [-0.05, 0) is 18.9 Å². The van der Waals surface area contributed by atoms with Crippen molar-refractivity contribution in [3.05, 3.63) is 40.5 Å². The molecule has 10 nitrogen and oxygen atoms in total. The number of benzene rings is 2. The Balaban J connectivity index is 1.94. The van der Waals surface area contributed by atoms with Crippen molar-refractivity contribution >= 4 is 11.8 Å². The van der Waals surface area contributed by atoms with Gasteiger partial charge in [-0.2, -0.15) is 0 Å². The highest BCUT2D eigenvalue weighted by atomic mass is 16.7. The smallest absolute Gasteiger partial charge is 0.338 e. The summed E-state index contributed by atoms with van der Waals surface area (Å²) in [4.78, 5) is 26.4. The minimum Gasteiger partial charge on any atom is -0.506 e. The SMILES string of the molecule is COC(=O)c1cc(OC)cc(OC)c1C(=O)c1c(OC)cc2c(c1O)[C@H]1CC[C@H](O)[C@@](C)(O2)O1. The Bertz CT molecular complexity index is 1160. The number of ketones is 1.